The van der Waals surface area contributed by atoms with E-state index in [4.69, 9.17) is 9.47 Å². The Morgan fingerprint density at radius 1 is 1.42 bits per heavy atom. The maximum Gasteiger partial charge on any atom is 0.417 e. The van der Waals surface area contributed by atoms with E-state index in [2.05, 4.69) is 20.6 Å². The van der Waals surface area contributed by atoms with Crippen LogP contribution in [0.25, 0.3) is 0 Å². The summed E-state index contributed by atoms with van der Waals surface area (Å²) in [5.41, 5.74) is -0.799. The van der Waals surface area contributed by atoms with Crippen LogP contribution in [0.15, 0.2) is 23.3 Å². The highest BCUT2D eigenvalue weighted by atomic mass is 19.4. The lowest BCUT2D eigenvalue weighted by Gasteiger charge is -2.15. The summed E-state index contributed by atoms with van der Waals surface area (Å²) < 4.78 is 48.1. The van der Waals surface area contributed by atoms with Gasteiger partial charge in [-0.2, -0.15) is 13.2 Å². The van der Waals surface area contributed by atoms with Gasteiger partial charge in [-0.1, -0.05) is 0 Å². The predicted molar refractivity (Wildman–Crippen MR) is 83.1 cm³/mol. The zero-order valence-corrected chi connectivity index (χ0v) is 13.4. The van der Waals surface area contributed by atoms with Crippen LogP contribution in [0.1, 0.15) is 18.4 Å². The first kappa shape index (κ1) is 18.3. The van der Waals surface area contributed by atoms with E-state index in [-0.39, 0.29) is 18.6 Å². The number of aliphatic imine (C=N–C) groups is 1. The molecule has 0 aromatic carbocycles. The van der Waals surface area contributed by atoms with Crippen LogP contribution in [0.2, 0.25) is 0 Å². The number of halogens is 3. The molecule has 1 fully saturated rings. The van der Waals surface area contributed by atoms with E-state index in [1.807, 2.05) is 0 Å². The van der Waals surface area contributed by atoms with Crippen molar-refractivity contribution in [2.45, 2.75) is 25.1 Å². The van der Waals surface area contributed by atoms with Gasteiger partial charge in [-0.25, -0.2) is 4.98 Å². The molecular formula is C15H21F3N4O2. The molecule has 134 valence electrons. The first-order valence-corrected chi connectivity index (χ1v) is 7.71. The molecule has 1 aromatic rings. The Labute approximate surface area is 138 Å². The van der Waals surface area contributed by atoms with Crippen LogP contribution in [-0.2, 0) is 10.9 Å². The summed E-state index contributed by atoms with van der Waals surface area (Å²) in [4.78, 5) is 7.71. The molecule has 1 aliphatic heterocycles. The fourth-order valence-corrected chi connectivity index (χ4v) is 2.19. The molecule has 1 atom stereocenters. The molecule has 2 N–H and O–H groups in total. The van der Waals surface area contributed by atoms with Gasteiger partial charge in [0.25, 0.3) is 0 Å². The zero-order chi connectivity index (χ0) is 17.4. The van der Waals surface area contributed by atoms with Crippen molar-refractivity contribution in [2.75, 3.05) is 33.4 Å². The quantitative estimate of drug-likeness (QED) is 0.467. The molecule has 0 saturated carbocycles. The third kappa shape index (κ3) is 5.88. The van der Waals surface area contributed by atoms with E-state index in [1.54, 1.807) is 7.05 Å². The number of nitrogens with zero attached hydrogens (tertiary/aromatic N) is 2. The van der Waals surface area contributed by atoms with Crippen molar-refractivity contribution in [3.63, 3.8) is 0 Å². The average Bonchev–Trinajstić information content (AvgIpc) is 3.07. The average molecular weight is 346 g/mol. The minimum atomic E-state index is -4.39. The van der Waals surface area contributed by atoms with Crippen molar-refractivity contribution in [3.05, 3.63) is 23.9 Å². The van der Waals surface area contributed by atoms with Crippen molar-refractivity contribution in [2.24, 2.45) is 4.99 Å². The van der Waals surface area contributed by atoms with Crippen LogP contribution < -0.4 is 15.4 Å². The van der Waals surface area contributed by atoms with Gasteiger partial charge in [-0.15, -0.1) is 0 Å². The Morgan fingerprint density at radius 2 is 2.25 bits per heavy atom. The SMILES string of the molecule is CN=C(NCCOc1ccc(C(F)(F)F)cn1)NCC1CCCO1. The highest BCUT2D eigenvalue weighted by Crippen LogP contribution is 2.29. The second-order valence-electron chi connectivity index (χ2n) is 5.25. The lowest BCUT2D eigenvalue weighted by molar-refractivity contribution is -0.137. The third-order valence-electron chi connectivity index (χ3n) is 3.45. The molecule has 9 heteroatoms. The Kier molecular flexibility index (Phi) is 6.65. The summed E-state index contributed by atoms with van der Waals surface area (Å²) in [6.07, 6.45) is -1.32. The lowest BCUT2D eigenvalue weighted by Crippen LogP contribution is -2.42. The number of guanidine groups is 1. The van der Waals surface area contributed by atoms with Gasteiger partial charge < -0.3 is 20.1 Å². The molecule has 0 radical (unpaired) electrons. The highest BCUT2D eigenvalue weighted by molar-refractivity contribution is 5.79. The number of aromatic nitrogens is 1. The van der Waals surface area contributed by atoms with Crippen LogP contribution in [0, 0.1) is 0 Å². The van der Waals surface area contributed by atoms with Crippen molar-refractivity contribution in [3.8, 4) is 5.88 Å². The van der Waals surface area contributed by atoms with Crippen molar-refractivity contribution in [1.29, 1.82) is 0 Å². The number of alkyl halides is 3. The van der Waals surface area contributed by atoms with Crippen LogP contribution in [0.5, 0.6) is 5.88 Å². The first-order chi connectivity index (χ1) is 11.5. The maximum absolute atomic E-state index is 12.4. The molecule has 0 amide bonds. The lowest BCUT2D eigenvalue weighted by atomic mass is 10.2. The van der Waals surface area contributed by atoms with E-state index in [0.717, 1.165) is 31.7 Å². The minimum Gasteiger partial charge on any atom is -0.476 e. The summed E-state index contributed by atoms with van der Waals surface area (Å²) in [6, 6.07) is 2.14. The Hall–Kier alpha value is -2.03. The summed E-state index contributed by atoms with van der Waals surface area (Å²) in [5, 5.41) is 6.20. The van der Waals surface area contributed by atoms with Crippen LogP contribution >= 0.6 is 0 Å². The molecule has 0 bridgehead atoms. The summed E-state index contributed by atoms with van der Waals surface area (Å²) in [5.74, 6) is 0.765. The molecule has 1 saturated heterocycles. The van der Waals surface area contributed by atoms with Gasteiger partial charge in [0.05, 0.1) is 18.2 Å². The highest BCUT2D eigenvalue weighted by Gasteiger charge is 2.30. The maximum atomic E-state index is 12.4. The number of nitrogens with one attached hydrogen (secondary N) is 2. The van der Waals surface area contributed by atoms with Crippen LogP contribution in [0.4, 0.5) is 13.2 Å². The van der Waals surface area contributed by atoms with E-state index in [1.165, 1.54) is 6.07 Å². The van der Waals surface area contributed by atoms with Gasteiger partial charge in [0.2, 0.25) is 5.88 Å². The molecule has 2 heterocycles. The molecule has 24 heavy (non-hydrogen) atoms. The van der Waals surface area contributed by atoms with Gasteiger partial charge in [-0.3, -0.25) is 4.99 Å². The smallest absolute Gasteiger partial charge is 0.417 e. The summed E-state index contributed by atoms with van der Waals surface area (Å²) in [7, 11) is 1.66. The van der Waals surface area contributed by atoms with Crippen molar-refractivity contribution >= 4 is 5.96 Å². The monoisotopic (exact) mass is 346 g/mol. The van der Waals surface area contributed by atoms with Gasteiger partial charge in [0, 0.05) is 32.5 Å². The van der Waals surface area contributed by atoms with Gasteiger partial charge in [0.15, 0.2) is 5.96 Å². The van der Waals surface area contributed by atoms with Crippen molar-refractivity contribution in [1.82, 2.24) is 15.6 Å². The third-order valence-corrected chi connectivity index (χ3v) is 3.45. The topological polar surface area (TPSA) is 67.8 Å². The molecule has 1 aliphatic rings. The first-order valence-electron chi connectivity index (χ1n) is 7.71. The Morgan fingerprint density at radius 3 is 2.83 bits per heavy atom. The minimum absolute atomic E-state index is 0.145. The Bertz CT molecular complexity index is 529. The van der Waals surface area contributed by atoms with E-state index >= 15 is 0 Å². The summed E-state index contributed by atoms with van der Waals surface area (Å²) in [6.45, 7) is 2.17. The van der Waals surface area contributed by atoms with E-state index in [0.29, 0.717) is 19.0 Å². The molecule has 0 spiro atoms. The fourth-order valence-electron chi connectivity index (χ4n) is 2.19. The molecule has 0 aliphatic carbocycles. The predicted octanol–water partition coefficient (Wildman–Crippen LogP) is 1.82. The second kappa shape index (κ2) is 8.72. The van der Waals surface area contributed by atoms with Crippen LogP contribution in [0.3, 0.4) is 0 Å². The summed E-state index contributed by atoms with van der Waals surface area (Å²) >= 11 is 0. The molecular weight excluding hydrogens is 325 g/mol. The molecule has 1 unspecified atom stereocenters. The van der Waals surface area contributed by atoms with Gasteiger partial charge in [0.1, 0.15) is 6.61 Å². The number of hydrogen-bond donors (Lipinski definition) is 2. The number of rotatable bonds is 6. The van der Waals surface area contributed by atoms with E-state index in [9.17, 15) is 13.2 Å². The van der Waals surface area contributed by atoms with Crippen LogP contribution in [-0.4, -0.2) is 50.4 Å². The second-order valence-corrected chi connectivity index (χ2v) is 5.25. The fraction of sp³-hybridized carbons (Fsp3) is 0.600. The number of ether oxygens (including phenoxy) is 2. The normalized spacial score (nSPS) is 18.5. The van der Waals surface area contributed by atoms with Gasteiger partial charge in [-0.05, 0) is 18.9 Å². The van der Waals surface area contributed by atoms with E-state index < -0.39 is 11.7 Å². The number of pyridine rings is 1. The Balaban J connectivity index is 1.65. The molecule has 6 nitrogen and oxygen atoms in total. The number of hydrogen-bond acceptors (Lipinski definition) is 4. The van der Waals surface area contributed by atoms with Gasteiger partial charge >= 0.3 is 6.18 Å². The molecule has 2 rings (SSSR count). The molecule has 1 aromatic heterocycles. The largest absolute Gasteiger partial charge is 0.476 e. The van der Waals surface area contributed by atoms with Crippen molar-refractivity contribution < 1.29 is 22.6 Å². The zero-order valence-electron chi connectivity index (χ0n) is 13.4. The standard InChI is InChI=1S/C15H21F3N4O2/c1-19-14(22-10-12-3-2-7-23-12)20-6-8-24-13-5-4-11(9-21-13)15(16,17)18/h4-5,9,12H,2-3,6-8,10H2,1H3,(H2,19,20,22).